The van der Waals surface area contributed by atoms with Crippen LogP contribution in [0.2, 0.25) is 0 Å². The van der Waals surface area contributed by atoms with Gasteiger partial charge in [0.05, 0.1) is 16.3 Å². The fraction of sp³-hybridized carbons (Fsp3) is 0.182. The van der Waals surface area contributed by atoms with Gasteiger partial charge in [0.2, 0.25) is 0 Å². The molecular formula is C22H19FN2OS2. The van der Waals surface area contributed by atoms with E-state index >= 15 is 0 Å². The minimum atomic E-state index is -0.325. The van der Waals surface area contributed by atoms with Crippen LogP contribution in [-0.2, 0) is 6.42 Å². The van der Waals surface area contributed by atoms with Crippen LogP contribution in [0, 0.1) is 5.82 Å². The Hall–Kier alpha value is -2.31. The van der Waals surface area contributed by atoms with E-state index in [4.69, 9.17) is 4.98 Å². The summed E-state index contributed by atoms with van der Waals surface area (Å²) >= 11 is 3.08. The molecule has 6 heteroatoms. The molecule has 0 spiro atoms. The third-order valence-corrected chi connectivity index (χ3v) is 6.49. The highest BCUT2D eigenvalue weighted by atomic mass is 32.2. The van der Waals surface area contributed by atoms with Crippen molar-refractivity contribution in [2.24, 2.45) is 0 Å². The second-order valence-electron chi connectivity index (χ2n) is 6.54. The maximum atomic E-state index is 13.4. The molecular weight excluding hydrogens is 391 g/mol. The monoisotopic (exact) mass is 410 g/mol. The number of hydrogen-bond acceptors (Lipinski definition) is 4. The van der Waals surface area contributed by atoms with Crippen LogP contribution in [0.15, 0.2) is 75.5 Å². The summed E-state index contributed by atoms with van der Waals surface area (Å²) in [5.41, 5.74) is 2.57. The van der Waals surface area contributed by atoms with Crippen LogP contribution in [-0.4, -0.2) is 20.6 Å². The van der Waals surface area contributed by atoms with Gasteiger partial charge in [-0.15, -0.1) is 11.8 Å². The summed E-state index contributed by atoms with van der Waals surface area (Å²) in [6.45, 7) is 2.10. The average molecular weight is 411 g/mol. The maximum absolute atomic E-state index is 13.4. The minimum absolute atomic E-state index is 0.0690. The van der Waals surface area contributed by atoms with Gasteiger partial charge in [-0.2, -0.15) is 0 Å². The molecule has 28 heavy (non-hydrogen) atoms. The first-order valence-corrected chi connectivity index (χ1v) is 10.9. The summed E-state index contributed by atoms with van der Waals surface area (Å²) in [4.78, 5) is 18.6. The van der Waals surface area contributed by atoms with Crippen molar-refractivity contribution in [1.29, 1.82) is 0 Å². The fourth-order valence-corrected chi connectivity index (χ4v) is 5.02. The predicted octanol–water partition coefficient (Wildman–Crippen LogP) is 5.21. The van der Waals surface area contributed by atoms with E-state index in [2.05, 4.69) is 19.1 Å². The molecule has 0 N–H and O–H groups in total. The van der Waals surface area contributed by atoms with Crippen LogP contribution in [0.1, 0.15) is 18.2 Å². The largest absolute Gasteiger partial charge is 0.272 e. The second kappa shape index (κ2) is 8.37. The maximum Gasteiger partial charge on any atom is 0.272 e. The fourth-order valence-electron chi connectivity index (χ4n) is 3.09. The Labute approximate surface area is 171 Å². The van der Waals surface area contributed by atoms with Crippen molar-refractivity contribution >= 4 is 29.6 Å². The molecule has 0 radical (unpaired) electrons. The summed E-state index contributed by atoms with van der Waals surface area (Å²) in [6, 6.07) is 16.1. The molecule has 4 rings (SSSR count). The normalized spacial score (nSPS) is 15.9. The van der Waals surface area contributed by atoms with E-state index in [-0.39, 0.29) is 11.4 Å². The number of thioether (sulfide) groups is 2. The van der Waals surface area contributed by atoms with E-state index in [1.54, 1.807) is 28.5 Å². The SMILES string of the molecule is CC1Cc2nc(SC/C=C/c3ccccc3)n(-c3ccc(F)cc3)c(=O)c2S1. The Morgan fingerprint density at radius 3 is 2.71 bits per heavy atom. The molecule has 0 bridgehead atoms. The van der Waals surface area contributed by atoms with Crippen LogP contribution in [0.3, 0.4) is 0 Å². The van der Waals surface area contributed by atoms with E-state index in [1.807, 2.05) is 30.3 Å². The third-order valence-electron chi connectivity index (χ3n) is 4.38. The summed E-state index contributed by atoms with van der Waals surface area (Å²) in [5.74, 6) is 0.359. The topological polar surface area (TPSA) is 34.9 Å². The van der Waals surface area contributed by atoms with E-state index in [1.165, 1.54) is 23.9 Å². The number of hydrogen-bond donors (Lipinski definition) is 0. The van der Waals surface area contributed by atoms with E-state index < -0.39 is 0 Å². The lowest BCUT2D eigenvalue weighted by Gasteiger charge is -2.13. The van der Waals surface area contributed by atoms with Gasteiger partial charge in [0.25, 0.3) is 5.56 Å². The first kappa shape index (κ1) is 19.0. The molecule has 0 aliphatic carbocycles. The lowest BCUT2D eigenvalue weighted by molar-refractivity contribution is 0.626. The number of benzene rings is 2. The first-order valence-electron chi connectivity index (χ1n) is 9.05. The average Bonchev–Trinajstić information content (AvgIpc) is 3.08. The van der Waals surface area contributed by atoms with Crippen LogP contribution in [0.5, 0.6) is 0 Å². The summed E-state index contributed by atoms with van der Waals surface area (Å²) < 4.78 is 15.0. The Kier molecular flexibility index (Phi) is 5.69. The number of aromatic nitrogens is 2. The number of fused-ring (bicyclic) bond motifs is 1. The van der Waals surface area contributed by atoms with Gasteiger partial charge in [-0.25, -0.2) is 9.37 Å². The molecule has 1 aromatic heterocycles. The van der Waals surface area contributed by atoms with Crippen LogP contribution < -0.4 is 5.56 Å². The van der Waals surface area contributed by atoms with Crippen molar-refractivity contribution < 1.29 is 4.39 Å². The molecule has 1 unspecified atom stereocenters. The zero-order chi connectivity index (χ0) is 19.5. The van der Waals surface area contributed by atoms with E-state index in [0.29, 0.717) is 26.7 Å². The zero-order valence-electron chi connectivity index (χ0n) is 15.3. The second-order valence-corrected chi connectivity index (χ2v) is 8.98. The molecule has 1 atom stereocenters. The Morgan fingerprint density at radius 1 is 1.21 bits per heavy atom. The van der Waals surface area contributed by atoms with Crippen LogP contribution >= 0.6 is 23.5 Å². The highest BCUT2D eigenvalue weighted by molar-refractivity contribution is 8.00. The van der Waals surface area contributed by atoms with Gasteiger partial charge in [0, 0.05) is 17.4 Å². The van der Waals surface area contributed by atoms with Crippen molar-refractivity contribution in [2.75, 3.05) is 5.75 Å². The number of nitrogens with zero attached hydrogens (tertiary/aromatic N) is 2. The Morgan fingerprint density at radius 2 is 1.96 bits per heavy atom. The molecule has 1 aliphatic heterocycles. The zero-order valence-corrected chi connectivity index (χ0v) is 17.0. The third kappa shape index (κ3) is 4.08. The number of halogens is 1. The van der Waals surface area contributed by atoms with Gasteiger partial charge in [0.1, 0.15) is 5.82 Å². The molecule has 0 amide bonds. The van der Waals surface area contributed by atoms with Crippen LogP contribution in [0.4, 0.5) is 4.39 Å². The standard InChI is InChI=1S/C22H19FN2OS2/c1-15-14-19-20(28-15)21(26)25(18-11-9-17(23)10-12-18)22(24-19)27-13-5-8-16-6-3-2-4-7-16/h2-12,15H,13-14H2,1H3/b8-5+. The van der Waals surface area contributed by atoms with Crippen molar-refractivity contribution in [2.45, 2.75) is 28.6 Å². The molecule has 142 valence electrons. The molecule has 3 aromatic rings. The van der Waals surface area contributed by atoms with Crippen molar-refractivity contribution in [3.05, 3.63) is 88.1 Å². The van der Waals surface area contributed by atoms with Crippen molar-refractivity contribution in [3.63, 3.8) is 0 Å². The van der Waals surface area contributed by atoms with Gasteiger partial charge in [-0.3, -0.25) is 9.36 Å². The molecule has 3 nitrogen and oxygen atoms in total. The first-order chi connectivity index (χ1) is 13.6. The lowest BCUT2D eigenvalue weighted by atomic mass is 10.2. The molecule has 2 heterocycles. The molecule has 0 saturated heterocycles. The van der Waals surface area contributed by atoms with E-state index in [9.17, 15) is 9.18 Å². The summed E-state index contributed by atoms with van der Waals surface area (Å²) in [5, 5.41) is 0.984. The van der Waals surface area contributed by atoms with Crippen molar-refractivity contribution in [3.8, 4) is 5.69 Å². The van der Waals surface area contributed by atoms with Crippen LogP contribution in [0.25, 0.3) is 11.8 Å². The van der Waals surface area contributed by atoms with Gasteiger partial charge in [0.15, 0.2) is 5.16 Å². The Bertz CT molecular complexity index is 1060. The quantitative estimate of drug-likeness (QED) is 0.427. The minimum Gasteiger partial charge on any atom is -0.268 e. The highest BCUT2D eigenvalue weighted by Gasteiger charge is 2.26. The lowest BCUT2D eigenvalue weighted by Crippen LogP contribution is -2.23. The predicted molar refractivity (Wildman–Crippen MR) is 115 cm³/mol. The van der Waals surface area contributed by atoms with Gasteiger partial charge >= 0.3 is 0 Å². The molecule has 0 saturated carbocycles. The van der Waals surface area contributed by atoms with E-state index in [0.717, 1.165) is 17.7 Å². The number of rotatable bonds is 5. The van der Waals surface area contributed by atoms with Gasteiger partial charge < -0.3 is 0 Å². The molecule has 2 aromatic carbocycles. The smallest absolute Gasteiger partial charge is 0.268 e. The molecule has 0 fully saturated rings. The Balaban J connectivity index is 1.66. The molecule has 1 aliphatic rings. The van der Waals surface area contributed by atoms with Gasteiger partial charge in [-0.1, -0.05) is 61.2 Å². The van der Waals surface area contributed by atoms with Crippen molar-refractivity contribution in [1.82, 2.24) is 9.55 Å². The summed E-state index contributed by atoms with van der Waals surface area (Å²) in [7, 11) is 0. The van der Waals surface area contributed by atoms with Gasteiger partial charge in [-0.05, 0) is 29.8 Å². The summed E-state index contributed by atoms with van der Waals surface area (Å²) in [6.07, 6.45) is 4.91. The highest BCUT2D eigenvalue weighted by Crippen LogP contribution is 2.34.